The van der Waals surface area contributed by atoms with Gasteiger partial charge in [-0.2, -0.15) is 0 Å². The Morgan fingerprint density at radius 2 is 1.86 bits per heavy atom. The van der Waals surface area contributed by atoms with Crippen molar-refractivity contribution in [1.29, 1.82) is 0 Å². The maximum atomic E-state index is 12.0. The zero-order valence-corrected chi connectivity index (χ0v) is 12.6. The average molecular weight is 305 g/mol. The summed E-state index contributed by atoms with van der Waals surface area (Å²) in [5, 5.41) is 0.501. The van der Waals surface area contributed by atoms with Gasteiger partial charge in [0.05, 0.1) is 12.2 Å². The topological polar surface area (TPSA) is 35.5 Å². The highest BCUT2D eigenvalue weighted by atomic mass is 35.5. The molecule has 110 valence electrons. The zero-order valence-electron chi connectivity index (χ0n) is 11.8. The van der Waals surface area contributed by atoms with Gasteiger partial charge in [-0.25, -0.2) is 4.79 Å². The van der Waals surface area contributed by atoms with Gasteiger partial charge >= 0.3 is 5.97 Å². The number of halogens is 1. The highest BCUT2D eigenvalue weighted by Crippen LogP contribution is 2.21. The van der Waals surface area contributed by atoms with Crippen molar-refractivity contribution in [2.75, 3.05) is 6.61 Å². The maximum Gasteiger partial charge on any atom is 0.343 e. The van der Waals surface area contributed by atoms with Crippen molar-refractivity contribution in [3.63, 3.8) is 0 Å². The van der Waals surface area contributed by atoms with Gasteiger partial charge in [0.15, 0.2) is 0 Å². The molecule has 0 atom stereocenters. The second-order valence-corrected chi connectivity index (χ2v) is 5.01. The molecule has 2 rings (SSSR count). The maximum absolute atomic E-state index is 12.0. The molecule has 0 amide bonds. The highest BCUT2D eigenvalue weighted by Gasteiger charge is 2.09. The van der Waals surface area contributed by atoms with Crippen LogP contribution in [-0.4, -0.2) is 12.6 Å². The van der Waals surface area contributed by atoms with E-state index in [9.17, 15) is 4.79 Å². The summed E-state index contributed by atoms with van der Waals surface area (Å²) in [4.78, 5) is 12.0. The smallest absolute Gasteiger partial charge is 0.343 e. The molecule has 0 aliphatic heterocycles. The van der Waals surface area contributed by atoms with Gasteiger partial charge < -0.3 is 9.47 Å². The van der Waals surface area contributed by atoms with Gasteiger partial charge in [-0.05, 0) is 36.8 Å². The summed E-state index contributed by atoms with van der Waals surface area (Å²) < 4.78 is 10.9. The number of ether oxygens (including phenoxy) is 2. The fourth-order valence-electron chi connectivity index (χ4n) is 1.74. The lowest BCUT2D eigenvalue weighted by Crippen LogP contribution is -2.08. The molecule has 0 unspecified atom stereocenters. The summed E-state index contributed by atoms with van der Waals surface area (Å²) in [5.74, 6) is 0.706. The van der Waals surface area contributed by atoms with Crippen LogP contribution in [0.3, 0.4) is 0 Å². The first-order valence-electron chi connectivity index (χ1n) is 6.89. The van der Waals surface area contributed by atoms with E-state index in [0.29, 0.717) is 28.7 Å². The van der Waals surface area contributed by atoms with Crippen LogP contribution in [-0.2, 0) is 0 Å². The van der Waals surface area contributed by atoms with Gasteiger partial charge in [0, 0.05) is 11.1 Å². The Labute approximate surface area is 129 Å². The molecule has 0 fully saturated rings. The molecule has 4 heteroatoms. The molecule has 0 aromatic heterocycles. The number of carbonyl (C=O) groups is 1. The van der Waals surface area contributed by atoms with Gasteiger partial charge in [-0.15, -0.1) is 0 Å². The monoisotopic (exact) mass is 304 g/mol. The second kappa shape index (κ2) is 7.70. The predicted molar refractivity (Wildman–Crippen MR) is 83.3 cm³/mol. The Kier molecular flexibility index (Phi) is 5.64. The average Bonchev–Trinajstić information content (AvgIpc) is 2.48. The van der Waals surface area contributed by atoms with Crippen molar-refractivity contribution in [2.45, 2.75) is 19.8 Å². The molecule has 0 saturated carbocycles. The molecular weight excluding hydrogens is 288 g/mol. The van der Waals surface area contributed by atoms with Crippen LogP contribution in [0.4, 0.5) is 0 Å². The van der Waals surface area contributed by atoms with Gasteiger partial charge in [0.1, 0.15) is 11.5 Å². The Morgan fingerprint density at radius 3 is 2.62 bits per heavy atom. The highest BCUT2D eigenvalue weighted by molar-refractivity contribution is 6.30. The van der Waals surface area contributed by atoms with Crippen molar-refractivity contribution in [3.05, 3.63) is 59.1 Å². The number of esters is 1. The minimum atomic E-state index is -0.441. The summed E-state index contributed by atoms with van der Waals surface area (Å²) in [7, 11) is 0. The summed E-state index contributed by atoms with van der Waals surface area (Å²) in [5.41, 5.74) is 0.416. The first-order valence-corrected chi connectivity index (χ1v) is 7.27. The second-order valence-electron chi connectivity index (χ2n) is 4.58. The Bertz CT molecular complexity index is 610. The Hall–Kier alpha value is -2.00. The van der Waals surface area contributed by atoms with E-state index in [2.05, 4.69) is 6.92 Å². The first kappa shape index (κ1) is 15.4. The molecule has 21 heavy (non-hydrogen) atoms. The van der Waals surface area contributed by atoms with E-state index >= 15 is 0 Å². The summed E-state index contributed by atoms with van der Waals surface area (Å²) in [6.07, 6.45) is 2.07. The van der Waals surface area contributed by atoms with Crippen LogP contribution >= 0.6 is 11.6 Å². The lowest BCUT2D eigenvalue weighted by Gasteiger charge is -2.08. The Balaban J connectivity index is 2.02. The number of hydrogen-bond acceptors (Lipinski definition) is 3. The van der Waals surface area contributed by atoms with Crippen LogP contribution < -0.4 is 9.47 Å². The third kappa shape index (κ3) is 4.80. The third-order valence-electron chi connectivity index (χ3n) is 2.84. The fourth-order valence-corrected chi connectivity index (χ4v) is 1.93. The van der Waals surface area contributed by atoms with E-state index in [1.54, 1.807) is 42.5 Å². The lowest BCUT2D eigenvalue weighted by atomic mass is 10.2. The molecule has 3 nitrogen and oxygen atoms in total. The molecule has 0 bridgehead atoms. The van der Waals surface area contributed by atoms with Crippen LogP contribution in [0.5, 0.6) is 11.5 Å². The van der Waals surface area contributed by atoms with Crippen LogP contribution in [0.1, 0.15) is 30.1 Å². The number of rotatable bonds is 6. The molecule has 0 radical (unpaired) electrons. The third-order valence-corrected chi connectivity index (χ3v) is 3.08. The van der Waals surface area contributed by atoms with Crippen molar-refractivity contribution in [2.24, 2.45) is 0 Å². The van der Waals surface area contributed by atoms with E-state index in [4.69, 9.17) is 21.1 Å². The predicted octanol–water partition coefficient (Wildman–Crippen LogP) is 4.74. The number of benzene rings is 2. The van der Waals surface area contributed by atoms with Crippen molar-refractivity contribution >= 4 is 17.6 Å². The van der Waals surface area contributed by atoms with Gasteiger partial charge in [-0.1, -0.05) is 37.1 Å². The largest absolute Gasteiger partial charge is 0.493 e. The van der Waals surface area contributed by atoms with Crippen LogP contribution in [0.2, 0.25) is 5.02 Å². The fraction of sp³-hybridized carbons (Fsp3) is 0.235. The van der Waals surface area contributed by atoms with Crippen LogP contribution in [0, 0.1) is 0 Å². The molecule has 0 N–H and O–H groups in total. The number of unbranched alkanes of at least 4 members (excludes halogenated alkanes) is 1. The van der Waals surface area contributed by atoms with Crippen molar-refractivity contribution in [3.8, 4) is 11.5 Å². The molecule has 0 saturated heterocycles. The van der Waals surface area contributed by atoms with Gasteiger partial charge in [0.25, 0.3) is 0 Å². The van der Waals surface area contributed by atoms with E-state index in [-0.39, 0.29) is 0 Å². The SMILES string of the molecule is CCCCOc1cccc(OC(=O)c2cccc(Cl)c2)c1. The first-order chi connectivity index (χ1) is 10.2. The lowest BCUT2D eigenvalue weighted by molar-refractivity contribution is 0.0734. The molecule has 0 aliphatic rings. The summed E-state index contributed by atoms with van der Waals surface area (Å²) in [6, 6.07) is 13.7. The summed E-state index contributed by atoms with van der Waals surface area (Å²) >= 11 is 5.86. The minimum Gasteiger partial charge on any atom is -0.493 e. The zero-order chi connectivity index (χ0) is 15.1. The molecule has 0 aliphatic carbocycles. The van der Waals surface area contributed by atoms with Gasteiger partial charge in [-0.3, -0.25) is 0 Å². The standard InChI is InChI=1S/C17H17ClO3/c1-2-3-10-20-15-8-5-9-16(12-15)21-17(19)13-6-4-7-14(18)11-13/h4-9,11-12H,2-3,10H2,1H3. The van der Waals surface area contributed by atoms with E-state index in [0.717, 1.165) is 12.8 Å². The summed E-state index contributed by atoms with van der Waals surface area (Å²) in [6.45, 7) is 2.76. The van der Waals surface area contributed by atoms with Crippen LogP contribution in [0.25, 0.3) is 0 Å². The number of carbonyl (C=O) groups excluding carboxylic acids is 1. The van der Waals surface area contributed by atoms with E-state index in [1.807, 2.05) is 6.07 Å². The Morgan fingerprint density at radius 1 is 1.10 bits per heavy atom. The molecule has 2 aromatic carbocycles. The van der Waals surface area contributed by atoms with Crippen molar-refractivity contribution in [1.82, 2.24) is 0 Å². The molecule has 0 spiro atoms. The van der Waals surface area contributed by atoms with Crippen molar-refractivity contribution < 1.29 is 14.3 Å². The molecule has 2 aromatic rings. The van der Waals surface area contributed by atoms with Gasteiger partial charge in [0.2, 0.25) is 0 Å². The van der Waals surface area contributed by atoms with Crippen LogP contribution in [0.15, 0.2) is 48.5 Å². The normalized spacial score (nSPS) is 10.2. The molecule has 0 heterocycles. The van der Waals surface area contributed by atoms with E-state index in [1.165, 1.54) is 0 Å². The minimum absolute atomic E-state index is 0.416. The van der Waals surface area contributed by atoms with E-state index < -0.39 is 5.97 Å². The number of hydrogen-bond donors (Lipinski definition) is 0. The molecular formula is C17H17ClO3. The quantitative estimate of drug-likeness (QED) is 0.439.